The van der Waals surface area contributed by atoms with E-state index in [0.717, 1.165) is 83.4 Å². The highest BCUT2D eigenvalue weighted by Gasteiger charge is 2.19. The van der Waals surface area contributed by atoms with Crippen molar-refractivity contribution in [2.24, 2.45) is 0 Å². The van der Waals surface area contributed by atoms with E-state index in [1.807, 2.05) is 6.07 Å². The molecule has 7 heteroatoms. The van der Waals surface area contributed by atoms with Crippen LogP contribution in [-0.4, -0.2) is 82.5 Å². The summed E-state index contributed by atoms with van der Waals surface area (Å²) in [6.07, 6.45) is 1.10. The van der Waals surface area contributed by atoms with E-state index >= 15 is 0 Å². The smallest absolute Gasteiger partial charge is 0.144 e. The van der Waals surface area contributed by atoms with Crippen LogP contribution in [0.1, 0.15) is 12.1 Å². The molecule has 0 aromatic carbocycles. The van der Waals surface area contributed by atoms with Gasteiger partial charge in [-0.1, -0.05) is 0 Å². The number of nitrogens with one attached hydrogen (secondary N) is 1. The average molecular weight is 344 g/mol. The van der Waals surface area contributed by atoms with Gasteiger partial charge in [-0.15, -0.1) is 0 Å². The minimum atomic E-state index is 0.506. The number of anilines is 2. The molecular weight excluding hydrogens is 316 g/mol. The summed E-state index contributed by atoms with van der Waals surface area (Å²) in [5.41, 5.74) is 1.62. The Kier molecular flexibility index (Phi) is 6.45. The van der Waals surface area contributed by atoms with Gasteiger partial charge >= 0.3 is 0 Å². The molecule has 2 fully saturated rings. The van der Waals surface area contributed by atoms with Crippen LogP contribution in [0.4, 0.5) is 11.5 Å². The number of rotatable bonds is 5. The molecule has 7 nitrogen and oxygen atoms in total. The highest BCUT2D eigenvalue weighted by Crippen LogP contribution is 2.23. The van der Waals surface area contributed by atoms with Crippen molar-refractivity contribution in [3.63, 3.8) is 0 Å². The van der Waals surface area contributed by atoms with Crippen molar-refractivity contribution in [2.45, 2.75) is 6.42 Å². The average Bonchev–Trinajstić information content (AvgIpc) is 2.92. The van der Waals surface area contributed by atoms with Gasteiger partial charge < -0.3 is 19.9 Å². The van der Waals surface area contributed by atoms with E-state index in [0.29, 0.717) is 5.69 Å². The predicted octanol–water partition coefficient (Wildman–Crippen LogP) is 0.521. The zero-order valence-electron chi connectivity index (χ0n) is 15.1. The minimum absolute atomic E-state index is 0.506. The Balaban J connectivity index is 1.73. The molecule has 0 saturated carbocycles. The molecule has 1 aromatic rings. The molecule has 2 saturated heterocycles. The van der Waals surface area contributed by atoms with Crippen LogP contribution in [0.2, 0.25) is 0 Å². The summed E-state index contributed by atoms with van der Waals surface area (Å²) in [7, 11) is 1.75. The van der Waals surface area contributed by atoms with Gasteiger partial charge in [0.1, 0.15) is 17.6 Å². The van der Waals surface area contributed by atoms with Crippen molar-refractivity contribution in [1.29, 1.82) is 5.26 Å². The minimum Gasteiger partial charge on any atom is -0.383 e. The normalized spacial score (nSPS) is 19.5. The molecule has 1 aromatic heterocycles. The summed E-state index contributed by atoms with van der Waals surface area (Å²) < 4.78 is 5.20. The molecule has 0 aliphatic carbocycles. The summed E-state index contributed by atoms with van der Waals surface area (Å²) in [6.45, 7) is 9.66. The Labute approximate surface area is 150 Å². The zero-order chi connectivity index (χ0) is 17.5. The number of pyridine rings is 1. The third-order valence-corrected chi connectivity index (χ3v) is 4.92. The molecule has 2 aliphatic rings. The molecular formula is C18H28N6O. The zero-order valence-corrected chi connectivity index (χ0v) is 15.1. The first kappa shape index (κ1) is 17.9. The lowest BCUT2D eigenvalue weighted by Crippen LogP contribution is -2.43. The fourth-order valence-electron chi connectivity index (χ4n) is 3.47. The number of ether oxygens (including phenoxy) is 1. The topological polar surface area (TPSA) is 67.7 Å². The van der Waals surface area contributed by atoms with E-state index in [2.05, 4.69) is 37.1 Å². The maximum atomic E-state index is 9.39. The lowest BCUT2D eigenvalue weighted by Gasteiger charge is -2.31. The molecule has 0 bridgehead atoms. The summed E-state index contributed by atoms with van der Waals surface area (Å²) in [5.74, 6) is 0.932. The maximum Gasteiger partial charge on any atom is 0.144 e. The number of piperazine rings is 1. The van der Waals surface area contributed by atoms with E-state index in [9.17, 15) is 5.26 Å². The molecule has 136 valence electrons. The number of nitriles is 1. The molecule has 25 heavy (non-hydrogen) atoms. The summed E-state index contributed by atoms with van der Waals surface area (Å²) in [6, 6.07) is 6.30. The van der Waals surface area contributed by atoms with Gasteiger partial charge in [-0.25, -0.2) is 4.98 Å². The van der Waals surface area contributed by atoms with Gasteiger partial charge in [-0.3, -0.25) is 4.90 Å². The standard InChI is InChI=1S/C18H28N6O/c1-25-12-11-22-5-2-6-24(10-9-22)18-14-17(13-16(15-19)21-18)23-7-3-20-4-8-23/h13-14,20H,2-12H2,1H3. The number of nitrogens with zero attached hydrogens (tertiary/aromatic N) is 5. The summed E-state index contributed by atoms with van der Waals surface area (Å²) >= 11 is 0. The van der Waals surface area contributed by atoms with Crippen molar-refractivity contribution in [2.75, 3.05) is 82.4 Å². The summed E-state index contributed by atoms with van der Waals surface area (Å²) in [4.78, 5) is 11.7. The van der Waals surface area contributed by atoms with Gasteiger partial charge in [0.15, 0.2) is 0 Å². The van der Waals surface area contributed by atoms with Gasteiger partial charge in [-0.05, 0) is 19.0 Å². The summed E-state index contributed by atoms with van der Waals surface area (Å²) in [5, 5.41) is 12.8. The van der Waals surface area contributed by atoms with Crippen LogP contribution >= 0.6 is 0 Å². The second-order valence-corrected chi connectivity index (χ2v) is 6.59. The Bertz CT molecular complexity index is 596. The number of hydrogen-bond acceptors (Lipinski definition) is 7. The van der Waals surface area contributed by atoms with E-state index in [-0.39, 0.29) is 0 Å². The first-order valence-electron chi connectivity index (χ1n) is 9.14. The molecule has 0 unspecified atom stereocenters. The van der Waals surface area contributed by atoms with Gasteiger partial charge in [0.2, 0.25) is 0 Å². The van der Waals surface area contributed by atoms with Gasteiger partial charge in [0, 0.05) is 71.2 Å². The number of hydrogen-bond donors (Lipinski definition) is 1. The van der Waals surface area contributed by atoms with E-state index in [1.54, 1.807) is 7.11 Å². The Morgan fingerprint density at radius 2 is 1.96 bits per heavy atom. The van der Waals surface area contributed by atoms with E-state index in [4.69, 9.17) is 4.74 Å². The first-order valence-corrected chi connectivity index (χ1v) is 9.14. The van der Waals surface area contributed by atoms with Crippen molar-refractivity contribution < 1.29 is 4.74 Å². The lowest BCUT2D eigenvalue weighted by molar-refractivity contribution is 0.152. The predicted molar refractivity (Wildman–Crippen MR) is 99.2 cm³/mol. The van der Waals surface area contributed by atoms with Gasteiger partial charge in [0.05, 0.1) is 6.61 Å². The fourth-order valence-corrected chi connectivity index (χ4v) is 3.47. The Morgan fingerprint density at radius 1 is 1.12 bits per heavy atom. The van der Waals surface area contributed by atoms with Gasteiger partial charge in [-0.2, -0.15) is 5.26 Å². The Hall–Kier alpha value is -1.88. The first-order chi connectivity index (χ1) is 12.3. The molecule has 0 radical (unpaired) electrons. The molecule has 3 rings (SSSR count). The SMILES string of the molecule is COCCN1CCCN(c2cc(N3CCNCC3)cc(C#N)n2)CC1. The van der Waals surface area contributed by atoms with Crippen LogP contribution in [0.15, 0.2) is 12.1 Å². The molecule has 2 aliphatic heterocycles. The highest BCUT2D eigenvalue weighted by molar-refractivity contribution is 5.58. The quantitative estimate of drug-likeness (QED) is 0.835. The molecule has 3 heterocycles. The largest absolute Gasteiger partial charge is 0.383 e. The maximum absolute atomic E-state index is 9.39. The monoisotopic (exact) mass is 344 g/mol. The van der Waals surface area contributed by atoms with Crippen molar-refractivity contribution in [1.82, 2.24) is 15.2 Å². The van der Waals surface area contributed by atoms with Gasteiger partial charge in [0.25, 0.3) is 0 Å². The second kappa shape index (κ2) is 8.99. The van der Waals surface area contributed by atoms with Crippen LogP contribution in [-0.2, 0) is 4.74 Å². The van der Waals surface area contributed by atoms with E-state index < -0.39 is 0 Å². The third-order valence-electron chi connectivity index (χ3n) is 4.92. The fraction of sp³-hybridized carbons (Fsp3) is 0.667. The number of aromatic nitrogens is 1. The van der Waals surface area contributed by atoms with Crippen molar-refractivity contribution in [3.8, 4) is 6.07 Å². The second-order valence-electron chi connectivity index (χ2n) is 6.59. The van der Waals surface area contributed by atoms with Crippen molar-refractivity contribution in [3.05, 3.63) is 17.8 Å². The van der Waals surface area contributed by atoms with E-state index in [1.165, 1.54) is 0 Å². The van der Waals surface area contributed by atoms with Crippen molar-refractivity contribution >= 4 is 11.5 Å². The number of methoxy groups -OCH3 is 1. The molecule has 0 atom stereocenters. The molecule has 1 N–H and O–H groups in total. The highest BCUT2D eigenvalue weighted by atomic mass is 16.5. The van der Waals surface area contributed by atoms with Crippen LogP contribution in [0.5, 0.6) is 0 Å². The van der Waals surface area contributed by atoms with Crippen LogP contribution < -0.4 is 15.1 Å². The molecule has 0 amide bonds. The third kappa shape index (κ3) is 4.82. The molecule has 0 spiro atoms. The Morgan fingerprint density at radius 3 is 2.72 bits per heavy atom. The van der Waals surface area contributed by atoms with Crippen LogP contribution in [0.3, 0.4) is 0 Å². The van der Waals surface area contributed by atoms with Crippen LogP contribution in [0.25, 0.3) is 0 Å². The van der Waals surface area contributed by atoms with Crippen LogP contribution in [0, 0.1) is 11.3 Å². The lowest BCUT2D eigenvalue weighted by atomic mass is 10.2.